The number of hydrogen-bond donors (Lipinski definition) is 0. The number of nitrogens with zero attached hydrogens (tertiary/aromatic N) is 3. The Labute approximate surface area is 153 Å². The molecule has 0 aliphatic rings. The van der Waals surface area contributed by atoms with E-state index in [0.29, 0.717) is 11.3 Å². The molecule has 0 aliphatic carbocycles. The maximum absolute atomic E-state index is 14.6. The van der Waals surface area contributed by atoms with E-state index < -0.39 is 18.1 Å². The van der Waals surface area contributed by atoms with E-state index >= 15 is 0 Å². The van der Waals surface area contributed by atoms with Gasteiger partial charge in [0.05, 0.1) is 19.3 Å². The first-order valence-electron chi connectivity index (χ1n) is 7.96. The van der Waals surface area contributed by atoms with Gasteiger partial charge in [-0.1, -0.05) is 24.8 Å². The zero-order valence-corrected chi connectivity index (χ0v) is 14.4. The fraction of sp³-hybridized carbons (Fsp3) is 0.158. The lowest BCUT2D eigenvalue weighted by Crippen LogP contribution is -2.16. The SMILES string of the molecule is C=CN(Cc1ccc(-c2nnc(C(F)F)o2)cc1F)c1ccccc1OC. The Morgan fingerprint density at radius 3 is 2.63 bits per heavy atom. The molecule has 0 spiro atoms. The number of ether oxygens (including phenoxy) is 1. The second-order valence-electron chi connectivity index (χ2n) is 5.53. The van der Waals surface area contributed by atoms with Crippen molar-refractivity contribution < 1.29 is 22.3 Å². The van der Waals surface area contributed by atoms with Gasteiger partial charge >= 0.3 is 6.43 Å². The molecule has 3 rings (SSSR count). The molecule has 0 radical (unpaired) electrons. The smallest absolute Gasteiger partial charge is 0.314 e. The second kappa shape index (κ2) is 7.94. The van der Waals surface area contributed by atoms with Crippen LogP contribution in [0, 0.1) is 5.82 Å². The molecule has 27 heavy (non-hydrogen) atoms. The Balaban J connectivity index is 1.85. The third-order valence-electron chi connectivity index (χ3n) is 3.88. The number of hydrogen-bond acceptors (Lipinski definition) is 5. The molecule has 8 heteroatoms. The van der Waals surface area contributed by atoms with E-state index in [1.54, 1.807) is 24.3 Å². The normalized spacial score (nSPS) is 10.9. The standard InChI is InChI=1S/C19H16F3N3O2/c1-3-25(15-6-4-5-7-16(15)26-2)11-13-9-8-12(10-14(13)20)18-23-24-19(27-18)17(21)22/h3-10,17H,1,11H2,2H3. The summed E-state index contributed by atoms with van der Waals surface area (Å²) in [6.07, 6.45) is -1.31. The summed E-state index contributed by atoms with van der Waals surface area (Å²) >= 11 is 0. The van der Waals surface area contributed by atoms with Gasteiger partial charge in [-0.05, 0) is 30.5 Å². The minimum Gasteiger partial charge on any atom is -0.495 e. The summed E-state index contributed by atoms with van der Waals surface area (Å²) in [6.45, 7) is 3.96. The van der Waals surface area contributed by atoms with Crippen LogP contribution >= 0.6 is 0 Å². The lowest BCUT2D eigenvalue weighted by molar-refractivity contribution is 0.116. The van der Waals surface area contributed by atoms with E-state index in [9.17, 15) is 13.2 Å². The van der Waals surface area contributed by atoms with Crippen LogP contribution in [0.15, 0.2) is 59.7 Å². The molecule has 1 heterocycles. The van der Waals surface area contributed by atoms with Gasteiger partial charge in [-0.15, -0.1) is 10.2 Å². The number of rotatable bonds is 7. The summed E-state index contributed by atoms with van der Waals surface area (Å²) in [6, 6.07) is 11.5. The Kier molecular flexibility index (Phi) is 5.44. The number of anilines is 1. The maximum atomic E-state index is 14.6. The molecule has 0 amide bonds. The quantitative estimate of drug-likeness (QED) is 0.583. The van der Waals surface area contributed by atoms with E-state index in [1.807, 2.05) is 18.2 Å². The number of benzene rings is 2. The zero-order chi connectivity index (χ0) is 19.4. The van der Waals surface area contributed by atoms with Crippen LogP contribution < -0.4 is 9.64 Å². The van der Waals surface area contributed by atoms with Crippen LogP contribution in [0.5, 0.6) is 5.75 Å². The molecule has 0 saturated heterocycles. The van der Waals surface area contributed by atoms with Gasteiger partial charge in [0.1, 0.15) is 11.6 Å². The molecule has 0 bridgehead atoms. The predicted molar refractivity (Wildman–Crippen MR) is 94.0 cm³/mol. The maximum Gasteiger partial charge on any atom is 0.314 e. The van der Waals surface area contributed by atoms with Crippen molar-refractivity contribution in [1.82, 2.24) is 10.2 Å². The molecular weight excluding hydrogens is 359 g/mol. The average molecular weight is 375 g/mol. The van der Waals surface area contributed by atoms with E-state index in [1.165, 1.54) is 18.2 Å². The first-order valence-corrected chi connectivity index (χ1v) is 7.96. The monoisotopic (exact) mass is 375 g/mol. The first kappa shape index (κ1) is 18.5. The predicted octanol–water partition coefficient (Wildman–Crippen LogP) is 4.97. The molecule has 3 aromatic rings. The van der Waals surface area contributed by atoms with Gasteiger partial charge in [-0.2, -0.15) is 8.78 Å². The van der Waals surface area contributed by atoms with Crippen LogP contribution in [0.25, 0.3) is 11.5 Å². The van der Waals surface area contributed by atoms with E-state index in [4.69, 9.17) is 9.15 Å². The van der Waals surface area contributed by atoms with Crippen LogP contribution in [0.4, 0.5) is 18.9 Å². The topological polar surface area (TPSA) is 51.4 Å². The highest BCUT2D eigenvalue weighted by Crippen LogP contribution is 2.30. The third kappa shape index (κ3) is 3.94. The summed E-state index contributed by atoms with van der Waals surface area (Å²) in [4.78, 5) is 1.73. The van der Waals surface area contributed by atoms with Crippen LogP contribution in [-0.2, 0) is 6.54 Å². The van der Waals surface area contributed by atoms with Crippen molar-refractivity contribution in [3.05, 3.63) is 72.5 Å². The highest BCUT2D eigenvalue weighted by molar-refractivity contribution is 5.61. The lowest BCUT2D eigenvalue weighted by atomic mass is 10.1. The van der Waals surface area contributed by atoms with Crippen LogP contribution in [0.1, 0.15) is 17.9 Å². The molecule has 5 nitrogen and oxygen atoms in total. The van der Waals surface area contributed by atoms with Crippen LogP contribution in [0.3, 0.4) is 0 Å². The fourth-order valence-electron chi connectivity index (χ4n) is 2.55. The average Bonchev–Trinajstić information content (AvgIpc) is 3.17. The minimum atomic E-state index is -2.88. The number of para-hydroxylation sites is 2. The van der Waals surface area contributed by atoms with Crippen LogP contribution in [-0.4, -0.2) is 17.3 Å². The van der Waals surface area contributed by atoms with Crippen LogP contribution in [0.2, 0.25) is 0 Å². The highest BCUT2D eigenvalue weighted by Gasteiger charge is 2.18. The molecule has 0 unspecified atom stereocenters. The molecule has 1 aromatic heterocycles. The van der Waals surface area contributed by atoms with Crippen molar-refractivity contribution in [3.8, 4) is 17.2 Å². The molecule has 0 N–H and O–H groups in total. The highest BCUT2D eigenvalue weighted by atomic mass is 19.3. The lowest BCUT2D eigenvalue weighted by Gasteiger charge is -2.22. The van der Waals surface area contributed by atoms with Gasteiger partial charge in [0.2, 0.25) is 5.89 Å². The summed E-state index contributed by atoms with van der Waals surface area (Å²) in [7, 11) is 1.55. The number of methoxy groups -OCH3 is 1. The largest absolute Gasteiger partial charge is 0.495 e. The van der Waals surface area contributed by atoms with E-state index in [2.05, 4.69) is 16.8 Å². The fourth-order valence-corrected chi connectivity index (χ4v) is 2.55. The number of halogens is 3. The molecule has 0 aliphatic heterocycles. The molecule has 0 saturated carbocycles. The Morgan fingerprint density at radius 1 is 1.22 bits per heavy atom. The molecule has 140 valence electrons. The van der Waals surface area contributed by atoms with Gasteiger partial charge in [-0.25, -0.2) is 4.39 Å². The molecule has 0 fully saturated rings. The Morgan fingerprint density at radius 2 is 2.00 bits per heavy atom. The summed E-state index contributed by atoms with van der Waals surface area (Å²) in [5.74, 6) is -0.879. The van der Waals surface area contributed by atoms with Crippen molar-refractivity contribution in [2.45, 2.75) is 13.0 Å². The zero-order valence-electron chi connectivity index (χ0n) is 14.4. The van der Waals surface area contributed by atoms with Crippen molar-refractivity contribution >= 4 is 5.69 Å². The van der Waals surface area contributed by atoms with Gasteiger partial charge in [0.25, 0.3) is 5.89 Å². The molecule has 2 aromatic carbocycles. The van der Waals surface area contributed by atoms with Gasteiger partial charge in [0.15, 0.2) is 0 Å². The number of aromatic nitrogens is 2. The molecule has 0 atom stereocenters. The van der Waals surface area contributed by atoms with Gasteiger partial charge in [0, 0.05) is 11.1 Å². The second-order valence-corrected chi connectivity index (χ2v) is 5.53. The Hall–Kier alpha value is -3.29. The van der Waals surface area contributed by atoms with Gasteiger partial charge < -0.3 is 14.1 Å². The van der Waals surface area contributed by atoms with E-state index in [-0.39, 0.29) is 18.0 Å². The third-order valence-corrected chi connectivity index (χ3v) is 3.88. The van der Waals surface area contributed by atoms with Crippen molar-refractivity contribution in [1.29, 1.82) is 0 Å². The summed E-state index contributed by atoms with van der Waals surface area (Å²) < 4.78 is 49.8. The Bertz CT molecular complexity index is 943. The van der Waals surface area contributed by atoms with Crippen molar-refractivity contribution in [2.75, 3.05) is 12.0 Å². The summed E-state index contributed by atoms with van der Waals surface area (Å²) in [5, 5.41) is 6.76. The first-order chi connectivity index (χ1) is 13.0. The summed E-state index contributed by atoms with van der Waals surface area (Å²) in [5.41, 5.74) is 1.33. The van der Waals surface area contributed by atoms with Gasteiger partial charge in [-0.3, -0.25) is 0 Å². The van der Waals surface area contributed by atoms with E-state index in [0.717, 1.165) is 5.69 Å². The molecular formula is C19H16F3N3O2. The van der Waals surface area contributed by atoms with Crippen molar-refractivity contribution in [2.24, 2.45) is 0 Å². The number of alkyl halides is 2. The minimum absolute atomic E-state index is 0.166. The van der Waals surface area contributed by atoms with Crippen molar-refractivity contribution in [3.63, 3.8) is 0 Å².